The predicted octanol–water partition coefficient (Wildman–Crippen LogP) is 2.82. The molecule has 0 aromatic carbocycles. The summed E-state index contributed by atoms with van der Waals surface area (Å²) in [6.07, 6.45) is 1.49. The largest absolute Gasteiger partial charge is 0.493 e. The lowest BCUT2D eigenvalue weighted by Crippen LogP contribution is -2.27. The molecule has 1 unspecified atom stereocenters. The first kappa shape index (κ1) is 13.8. The summed E-state index contributed by atoms with van der Waals surface area (Å²) in [6, 6.07) is 0. The molecule has 0 aromatic rings. The van der Waals surface area contributed by atoms with E-state index in [1.54, 1.807) is 0 Å². The number of halogens is 2. The van der Waals surface area contributed by atoms with E-state index in [2.05, 4.69) is 0 Å². The second-order valence-electron chi connectivity index (χ2n) is 2.81. The third-order valence-electron chi connectivity index (χ3n) is 1.99. The molecule has 1 atom stereocenters. The molecule has 0 saturated carbocycles. The van der Waals surface area contributed by atoms with Crippen LogP contribution in [0.25, 0.3) is 0 Å². The zero-order valence-corrected chi connectivity index (χ0v) is 11.6. The van der Waals surface area contributed by atoms with Crippen molar-refractivity contribution in [1.29, 1.82) is 0 Å². The van der Waals surface area contributed by atoms with Gasteiger partial charge in [-0.05, 0) is 39.3 Å². The number of hydrogen-bond acceptors (Lipinski definition) is 5. The van der Waals surface area contributed by atoms with Crippen molar-refractivity contribution in [2.45, 2.75) is 5.25 Å². The van der Waals surface area contributed by atoms with Crippen molar-refractivity contribution in [2.75, 3.05) is 14.2 Å². The second-order valence-corrected chi connectivity index (χ2v) is 4.78. The first-order valence-corrected chi connectivity index (χ1v) is 6.61. The molecule has 16 heavy (non-hydrogen) atoms. The van der Waals surface area contributed by atoms with Crippen molar-refractivity contribution < 1.29 is 14.3 Å². The van der Waals surface area contributed by atoms with Crippen molar-refractivity contribution in [3.05, 3.63) is 23.2 Å². The van der Waals surface area contributed by atoms with Crippen LogP contribution in [0.4, 0.5) is 0 Å². The maximum atomic E-state index is 11.2. The average molecular weight is 299 g/mol. The maximum Gasteiger partial charge on any atom is 0.250 e. The molecule has 0 bridgehead atoms. The Hall–Kier alpha value is -0.230. The minimum Gasteiger partial charge on any atom is -0.493 e. The lowest BCUT2D eigenvalue weighted by molar-refractivity contribution is -0.108. The SMILES string of the molecule is COC1=C(OC)C(=S)C(SCl)C(C(=O)Cl)=C1. The molecule has 0 fully saturated rings. The van der Waals surface area contributed by atoms with E-state index in [0.29, 0.717) is 22.0 Å². The molecule has 0 aromatic heterocycles. The van der Waals surface area contributed by atoms with Gasteiger partial charge in [0, 0.05) is 5.57 Å². The van der Waals surface area contributed by atoms with Gasteiger partial charge in [-0.15, -0.1) is 0 Å². The van der Waals surface area contributed by atoms with Crippen LogP contribution in [0, 0.1) is 0 Å². The van der Waals surface area contributed by atoms with Crippen molar-refractivity contribution >= 4 is 55.6 Å². The van der Waals surface area contributed by atoms with Crippen LogP contribution in [0.15, 0.2) is 23.2 Å². The molecule has 88 valence electrons. The van der Waals surface area contributed by atoms with Crippen LogP contribution in [-0.4, -0.2) is 29.6 Å². The van der Waals surface area contributed by atoms with Gasteiger partial charge in [0.05, 0.1) is 24.3 Å². The number of ether oxygens (including phenoxy) is 2. The van der Waals surface area contributed by atoms with E-state index in [1.165, 1.54) is 20.3 Å². The normalized spacial score (nSPS) is 20.6. The predicted molar refractivity (Wildman–Crippen MR) is 69.8 cm³/mol. The summed E-state index contributed by atoms with van der Waals surface area (Å²) in [5.41, 5.74) is 0.296. The van der Waals surface area contributed by atoms with Crippen LogP contribution >= 0.6 is 45.5 Å². The minimum atomic E-state index is -0.606. The maximum absolute atomic E-state index is 11.2. The Morgan fingerprint density at radius 1 is 1.50 bits per heavy atom. The van der Waals surface area contributed by atoms with E-state index in [1.807, 2.05) is 0 Å². The summed E-state index contributed by atoms with van der Waals surface area (Å²) in [7, 11) is 9.52. The summed E-state index contributed by atoms with van der Waals surface area (Å²) in [4.78, 5) is 11.6. The van der Waals surface area contributed by atoms with Gasteiger partial charge < -0.3 is 9.47 Å². The number of allylic oxidation sites excluding steroid dienone is 2. The first-order chi connectivity index (χ1) is 7.56. The Morgan fingerprint density at radius 3 is 2.50 bits per heavy atom. The van der Waals surface area contributed by atoms with E-state index in [4.69, 9.17) is 44.0 Å². The Balaban J connectivity index is 3.27. The standard InChI is InChI=1S/C9H8Cl2O3S2/c1-13-5-3-4(9(10)12)8(16-11)7(15)6(5)14-2/h3,8H,1-2H3. The summed E-state index contributed by atoms with van der Waals surface area (Å²) >= 11 is 10.6. The molecule has 0 aliphatic heterocycles. The Morgan fingerprint density at radius 2 is 2.12 bits per heavy atom. The number of rotatable bonds is 4. The quantitative estimate of drug-likeness (QED) is 0.589. The highest BCUT2D eigenvalue weighted by Gasteiger charge is 2.33. The minimum absolute atomic E-state index is 0.296. The second kappa shape index (κ2) is 5.91. The Bertz CT molecular complexity index is 390. The third kappa shape index (κ3) is 2.53. The highest BCUT2D eigenvalue weighted by atomic mass is 35.7. The summed E-state index contributed by atoms with van der Waals surface area (Å²) < 4.78 is 10.2. The Kier molecular flexibility index (Phi) is 5.11. The molecular weight excluding hydrogens is 291 g/mol. The first-order valence-electron chi connectivity index (χ1n) is 4.12. The average Bonchev–Trinajstić information content (AvgIpc) is 2.27. The van der Waals surface area contributed by atoms with Gasteiger partial charge in [0.15, 0.2) is 11.5 Å². The van der Waals surface area contributed by atoms with Gasteiger partial charge in [0.1, 0.15) is 0 Å². The van der Waals surface area contributed by atoms with Gasteiger partial charge in [0.2, 0.25) is 5.24 Å². The van der Waals surface area contributed by atoms with Crippen LogP contribution < -0.4 is 0 Å². The molecule has 1 aliphatic carbocycles. The lowest BCUT2D eigenvalue weighted by Gasteiger charge is -2.23. The summed E-state index contributed by atoms with van der Waals surface area (Å²) in [5.74, 6) is 0.774. The number of carbonyl (C=O) groups excluding carboxylic acids is 1. The molecule has 0 saturated heterocycles. The molecule has 0 amide bonds. The molecule has 7 heteroatoms. The van der Waals surface area contributed by atoms with Crippen LogP contribution in [0.3, 0.4) is 0 Å². The van der Waals surface area contributed by atoms with Gasteiger partial charge in [-0.3, -0.25) is 4.79 Å². The van der Waals surface area contributed by atoms with Crippen molar-refractivity contribution in [1.82, 2.24) is 0 Å². The molecule has 1 aliphatic rings. The van der Waals surface area contributed by atoms with Gasteiger partial charge in [-0.1, -0.05) is 12.2 Å². The monoisotopic (exact) mass is 298 g/mol. The van der Waals surface area contributed by atoms with Crippen LogP contribution in [-0.2, 0) is 14.3 Å². The van der Waals surface area contributed by atoms with Gasteiger partial charge in [-0.2, -0.15) is 0 Å². The van der Waals surface area contributed by atoms with Crippen LogP contribution in [0.2, 0.25) is 0 Å². The van der Waals surface area contributed by atoms with Gasteiger partial charge >= 0.3 is 0 Å². The fraction of sp³-hybridized carbons (Fsp3) is 0.333. The van der Waals surface area contributed by atoms with E-state index in [0.717, 1.165) is 11.0 Å². The molecular formula is C9H8Cl2O3S2. The molecule has 0 heterocycles. The molecule has 1 rings (SSSR count). The van der Waals surface area contributed by atoms with E-state index in [-0.39, 0.29) is 0 Å². The number of thiocarbonyl (C=S) groups is 1. The fourth-order valence-electron chi connectivity index (χ4n) is 1.27. The highest BCUT2D eigenvalue weighted by Crippen LogP contribution is 2.34. The van der Waals surface area contributed by atoms with E-state index in [9.17, 15) is 4.79 Å². The van der Waals surface area contributed by atoms with Crippen molar-refractivity contribution in [2.24, 2.45) is 0 Å². The zero-order chi connectivity index (χ0) is 12.3. The van der Waals surface area contributed by atoms with Gasteiger partial charge in [0.25, 0.3) is 0 Å². The van der Waals surface area contributed by atoms with E-state index >= 15 is 0 Å². The van der Waals surface area contributed by atoms with Crippen molar-refractivity contribution in [3.8, 4) is 0 Å². The number of hydrogen-bond donors (Lipinski definition) is 0. The smallest absolute Gasteiger partial charge is 0.250 e. The van der Waals surface area contributed by atoms with Crippen molar-refractivity contribution in [3.63, 3.8) is 0 Å². The topological polar surface area (TPSA) is 35.5 Å². The fourth-order valence-corrected chi connectivity index (χ4v) is 3.12. The summed E-state index contributed by atoms with van der Waals surface area (Å²) in [6.45, 7) is 0. The third-order valence-corrected chi connectivity index (χ3v) is 3.99. The van der Waals surface area contributed by atoms with Gasteiger partial charge in [-0.25, -0.2) is 0 Å². The Labute approximate surface area is 112 Å². The molecule has 0 radical (unpaired) electrons. The zero-order valence-electron chi connectivity index (χ0n) is 8.45. The van der Waals surface area contributed by atoms with Crippen LogP contribution in [0.1, 0.15) is 0 Å². The van der Waals surface area contributed by atoms with E-state index < -0.39 is 10.5 Å². The highest BCUT2D eigenvalue weighted by molar-refractivity contribution is 8.22. The molecule has 0 spiro atoms. The number of methoxy groups -OCH3 is 2. The van der Waals surface area contributed by atoms with Crippen LogP contribution in [0.5, 0.6) is 0 Å². The summed E-state index contributed by atoms with van der Waals surface area (Å²) in [5, 5.41) is -1.10. The number of carbonyl (C=O) groups is 1. The molecule has 3 nitrogen and oxygen atoms in total. The lowest BCUT2D eigenvalue weighted by atomic mass is 10.0. The molecule has 0 N–H and O–H groups in total.